The minimum Gasteiger partial charge on any atom is -0.496 e. The zero-order valence-corrected chi connectivity index (χ0v) is 26.5. The summed E-state index contributed by atoms with van der Waals surface area (Å²) in [7, 11) is 4.33. The molecule has 0 unspecified atom stereocenters. The van der Waals surface area contributed by atoms with Crippen molar-refractivity contribution in [2.75, 3.05) is 21.3 Å². The third-order valence-electron chi connectivity index (χ3n) is 6.78. The van der Waals surface area contributed by atoms with Crippen molar-refractivity contribution >= 4 is 58.2 Å². The highest BCUT2D eigenvalue weighted by atomic mass is 35.5. The lowest BCUT2D eigenvalue weighted by atomic mass is 9.95. The van der Waals surface area contributed by atoms with E-state index in [0.29, 0.717) is 58.5 Å². The molecule has 0 saturated heterocycles. The molecule has 1 atom stereocenters. The quantitative estimate of drug-likeness (QED) is 0.217. The van der Waals surface area contributed by atoms with Gasteiger partial charge in [0.2, 0.25) is 0 Å². The lowest BCUT2D eigenvalue weighted by molar-refractivity contribution is -0.136. The van der Waals surface area contributed by atoms with Crippen LogP contribution in [0.4, 0.5) is 0 Å². The molecule has 0 aliphatic carbocycles. The van der Waals surface area contributed by atoms with Gasteiger partial charge in [-0.25, -0.2) is 9.79 Å². The third-order valence-corrected chi connectivity index (χ3v) is 8.73. The Bertz CT molecular complexity index is 1950. The first kappa shape index (κ1) is 30.7. The van der Waals surface area contributed by atoms with E-state index in [1.807, 2.05) is 12.1 Å². The van der Waals surface area contributed by atoms with Crippen molar-refractivity contribution in [3.05, 3.63) is 117 Å². The summed E-state index contributed by atoms with van der Waals surface area (Å²) in [4.78, 5) is 31.9. The maximum atomic E-state index is 13.9. The standard InChI is InChI=1S/C31H25Cl3N2O6S/c1-16-27(30(38)41-4)28(20-14-19(32)7-10-23(20)39-2)36-29(37)26(43-31(36)35-16)13-17-6-9-24(25(12-17)40-3)42-15-18-5-8-21(33)22(34)11-18/h5-14,28H,15H2,1-4H3/b26-13-/t28-/m1/s1. The van der Waals surface area contributed by atoms with Crippen molar-refractivity contribution in [1.82, 2.24) is 4.57 Å². The molecule has 0 fully saturated rings. The minimum absolute atomic E-state index is 0.215. The van der Waals surface area contributed by atoms with E-state index in [0.717, 1.165) is 5.56 Å². The van der Waals surface area contributed by atoms with E-state index < -0.39 is 12.0 Å². The number of fused-ring (bicyclic) bond motifs is 1. The molecule has 222 valence electrons. The smallest absolute Gasteiger partial charge is 0.338 e. The van der Waals surface area contributed by atoms with Crippen LogP contribution in [0.5, 0.6) is 17.2 Å². The van der Waals surface area contributed by atoms with Gasteiger partial charge >= 0.3 is 5.97 Å². The van der Waals surface area contributed by atoms with Gasteiger partial charge in [-0.05, 0) is 66.6 Å². The number of rotatable bonds is 8. The van der Waals surface area contributed by atoms with Gasteiger partial charge in [0.15, 0.2) is 16.3 Å². The Hall–Kier alpha value is -3.76. The maximum Gasteiger partial charge on any atom is 0.338 e. The van der Waals surface area contributed by atoms with Crippen LogP contribution in [0, 0.1) is 0 Å². The zero-order chi connectivity index (χ0) is 30.8. The van der Waals surface area contributed by atoms with E-state index in [4.69, 9.17) is 53.8 Å². The number of carbonyl (C=O) groups excluding carboxylic acids is 1. The highest BCUT2D eigenvalue weighted by molar-refractivity contribution is 7.07. The fraction of sp³-hybridized carbons (Fsp3) is 0.194. The molecule has 1 aliphatic heterocycles. The second-order valence-corrected chi connectivity index (χ2v) is 11.7. The Labute approximate surface area is 266 Å². The van der Waals surface area contributed by atoms with Crippen molar-refractivity contribution in [3.63, 3.8) is 0 Å². The molecule has 0 radical (unpaired) electrons. The van der Waals surface area contributed by atoms with Crippen molar-refractivity contribution in [3.8, 4) is 17.2 Å². The SMILES string of the molecule is COC(=O)C1=C(C)N=c2s/c(=C\c3ccc(OCc4ccc(Cl)c(Cl)c4)c(OC)c3)c(=O)n2[C@@H]1c1cc(Cl)ccc1OC. The van der Waals surface area contributed by atoms with Crippen LogP contribution in [0.25, 0.3) is 6.08 Å². The van der Waals surface area contributed by atoms with Crippen molar-refractivity contribution in [1.29, 1.82) is 0 Å². The largest absolute Gasteiger partial charge is 0.496 e. The van der Waals surface area contributed by atoms with Crippen LogP contribution >= 0.6 is 46.1 Å². The Morgan fingerprint density at radius 3 is 2.40 bits per heavy atom. The van der Waals surface area contributed by atoms with Gasteiger partial charge in [-0.1, -0.05) is 58.3 Å². The molecular formula is C31H25Cl3N2O6S. The fourth-order valence-corrected chi connectivity index (χ4v) is 6.29. The molecule has 0 amide bonds. The molecule has 3 aromatic carbocycles. The summed E-state index contributed by atoms with van der Waals surface area (Å²) in [6.07, 6.45) is 1.73. The Kier molecular flexibility index (Phi) is 9.17. The predicted molar refractivity (Wildman–Crippen MR) is 168 cm³/mol. The molecular weight excluding hydrogens is 635 g/mol. The van der Waals surface area contributed by atoms with Crippen molar-refractivity contribution in [2.24, 2.45) is 4.99 Å². The van der Waals surface area contributed by atoms with Gasteiger partial charge in [0, 0.05) is 10.6 Å². The Balaban J connectivity index is 1.56. The molecule has 1 aromatic heterocycles. The van der Waals surface area contributed by atoms with Crippen LogP contribution in [0.3, 0.4) is 0 Å². The van der Waals surface area contributed by atoms with Crippen molar-refractivity contribution in [2.45, 2.75) is 19.6 Å². The van der Waals surface area contributed by atoms with E-state index in [-0.39, 0.29) is 17.7 Å². The lowest BCUT2D eigenvalue weighted by Crippen LogP contribution is -2.40. The number of hydrogen-bond acceptors (Lipinski definition) is 8. The molecule has 43 heavy (non-hydrogen) atoms. The molecule has 12 heteroatoms. The topological polar surface area (TPSA) is 88.4 Å². The molecule has 8 nitrogen and oxygen atoms in total. The number of thiazole rings is 1. The monoisotopic (exact) mass is 658 g/mol. The second-order valence-electron chi connectivity index (χ2n) is 9.41. The van der Waals surface area contributed by atoms with Gasteiger partial charge in [-0.2, -0.15) is 0 Å². The van der Waals surface area contributed by atoms with E-state index in [9.17, 15) is 9.59 Å². The van der Waals surface area contributed by atoms with Gasteiger partial charge in [0.05, 0.1) is 47.2 Å². The summed E-state index contributed by atoms with van der Waals surface area (Å²) < 4.78 is 24.1. The number of benzene rings is 3. The average Bonchev–Trinajstić information content (AvgIpc) is 3.30. The summed E-state index contributed by atoms with van der Waals surface area (Å²) in [5.41, 5.74) is 2.37. The average molecular weight is 660 g/mol. The number of aromatic nitrogens is 1. The van der Waals surface area contributed by atoms with Crippen LogP contribution in [0.1, 0.15) is 29.7 Å². The van der Waals surface area contributed by atoms with Crippen LogP contribution in [-0.2, 0) is 16.1 Å². The van der Waals surface area contributed by atoms with Crippen LogP contribution in [-0.4, -0.2) is 31.9 Å². The normalized spacial score (nSPS) is 14.7. The van der Waals surface area contributed by atoms with Gasteiger partial charge in [0.1, 0.15) is 18.4 Å². The molecule has 0 saturated carbocycles. The Morgan fingerprint density at radius 2 is 1.70 bits per heavy atom. The number of nitrogens with zero attached hydrogens (tertiary/aromatic N) is 2. The zero-order valence-electron chi connectivity index (χ0n) is 23.4. The molecule has 0 spiro atoms. The van der Waals surface area contributed by atoms with Crippen LogP contribution < -0.4 is 29.1 Å². The number of ether oxygens (including phenoxy) is 4. The van der Waals surface area contributed by atoms with Crippen LogP contribution in [0.2, 0.25) is 15.1 Å². The predicted octanol–water partition coefficient (Wildman–Crippen LogP) is 5.96. The van der Waals surface area contributed by atoms with Gasteiger partial charge in [-0.15, -0.1) is 0 Å². The first-order chi connectivity index (χ1) is 20.6. The van der Waals surface area contributed by atoms with Crippen molar-refractivity contribution < 1.29 is 23.7 Å². The Morgan fingerprint density at radius 1 is 0.953 bits per heavy atom. The van der Waals surface area contributed by atoms with E-state index in [1.165, 1.54) is 37.2 Å². The first-order valence-corrected chi connectivity index (χ1v) is 14.8. The highest BCUT2D eigenvalue weighted by Gasteiger charge is 2.35. The molecule has 2 heterocycles. The molecule has 1 aliphatic rings. The number of esters is 1. The van der Waals surface area contributed by atoms with Crippen LogP contribution in [0.15, 0.2) is 75.7 Å². The van der Waals surface area contributed by atoms with E-state index in [1.54, 1.807) is 55.5 Å². The lowest BCUT2D eigenvalue weighted by Gasteiger charge is -2.25. The minimum atomic E-state index is -0.869. The second kappa shape index (κ2) is 12.9. The summed E-state index contributed by atoms with van der Waals surface area (Å²) in [6.45, 7) is 1.95. The molecule has 0 bridgehead atoms. The summed E-state index contributed by atoms with van der Waals surface area (Å²) in [6, 6.07) is 14.8. The number of hydrogen-bond donors (Lipinski definition) is 0. The number of halogens is 3. The summed E-state index contributed by atoms with van der Waals surface area (Å²) in [5, 5.41) is 1.33. The number of carbonyl (C=O) groups is 1. The van der Waals surface area contributed by atoms with E-state index >= 15 is 0 Å². The van der Waals surface area contributed by atoms with Gasteiger partial charge in [-0.3, -0.25) is 9.36 Å². The highest BCUT2D eigenvalue weighted by Crippen LogP contribution is 2.37. The van der Waals surface area contributed by atoms with Gasteiger partial charge < -0.3 is 18.9 Å². The van der Waals surface area contributed by atoms with E-state index in [2.05, 4.69) is 4.99 Å². The molecule has 0 N–H and O–H groups in total. The maximum absolute atomic E-state index is 13.9. The summed E-state index contributed by atoms with van der Waals surface area (Å²) in [5.74, 6) is 0.843. The third kappa shape index (κ3) is 6.17. The van der Waals surface area contributed by atoms with Gasteiger partial charge in [0.25, 0.3) is 5.56 Å². The summed E-state index contributed by atoms with van der Waals surface area (Å²) >= 11 is 19.7. The number of allylic oxidation sites excluding steroid dienone is 1. The molecule has 5 rings (SSSR count). The molecule has 4 aromatic rings. The number of methoxy groups -OCH3 is 3. The fourth-order valence-electron chi connectivity index (χ4n) is 4.74. The first-order valence-electron chi connectivity index (χ1n) is 12.8.